The van der Waals surface area contributed by atoms with Crippen LogP contribution in [0.3, 0.4) is 0 Å². The molecule has 2 fully saturated rings. The molecule has 4 aromatic rings. The Hall–Kier alpha value is -3.02. The van der Waals surface area contributed by atoms with Gasteiger partial charge in [-0.2, -0.15) is 0 Å². The van der Waals surface area contributed by atoms with Gasteiger partial charge in [-0.15, -0.1) is 0 Å². The zero-order chi connectivity index (χ0) is 41.7. The van der Waals surface area contributed by atoms with Gasteiger partial charge in [0.1, 0.15) is 24.9 Å². The molecule has 2 aromatic carbocycles. The lowest BCUT2D eigenvalue weighted by molar-refractivity contribution is -0.0562. The van der Waals surface area contributed by atoms with Crippen molar-refractivity contribution in [3.05, 3.63) is 83.9 Å². The average Bonchev–Trinajstić information content (AvgIpc) is 3.74. The van der Waals surface area contributed by atoms with Gasteiger partial charge in [-0.3, -0.25) is 4.57 Å². The summed E-state index contributed by atoms with van der Waals surface area (Å²) in [5.74, 6) is 1.34. The van der Waals surface area contributed by atoms with Gasteiger partial charge in [-0.05, 0) is 73.3 Å². The molecule has 58 heavy (non-hydrogen) atoms. The average molecular weight is 831 g/mol. The third-order valence-corrected chi connectivity index (χ3v) is 21.9. The number of methoxy groups -OCH3 is 1. The first-order chi connectivity index (χ1) is 27.5. The van der Waals surface area contributed by atoms with Gasteiger partial charge in [0.2, 0.25) is 0 Å². The second-order valence-corrected chi connectivity index (χ2v) is 28.7. The lowest BCUT2D eigenvalue weighted by atomic mass is 9.91. The molecule has 0 bridgehead atoms. The highest BCUT2D eigenvalue weighted by Crippen LogP contribution is 2.46. The fourth-order valence-electron chi connectivity index (χ4n) is 7.41. The molecule has 0 aliphatic carbocycles. The van der Waals surface area contributed by atoms with Crippen LogP contribution in [0.25, 0.3) is 11.2 Å². The summed E-state index contributed by atoms with van der Waals surface area (Å²) >= 11 is 0. The minimum Gasteiger partial charge on any atom is -0.408 e. The van der Waals surface area contributed by atoms with Crippen LogP contribution in [0, 0.1) is 0 Å². The fraction of sp³-hybridized carbons (Fsp3) is 0.622. The lowest BCUT2D eigenvalue weighted by Crippen LogP contribution is -2.54. The lowest BCUT2D eigenvalue weighted by Gasteiger charge is -2.44. The number of nitrogens with zero attached hydrogens (tertiary/aromatic N) is 5. The van der Waals surface area contributed by atoms with Crippen molar-refractivity contribution in [2.75, 3.05) is 51.8 Å². The van der Waals surface area contributed by atoms with Crippen molar-refractivity contribution >= 4 is 33.6 Å². The number of benzene rings is 2. The minimum absolute atomic E-state index is 0.0139. The van der Waals surface area contributed by atoms with Crippen LogP contribution in [0.4, 0.5) is 5.82 Å². The van der Waals surface area contributed by atoms with Crippen molar-refractivity contribution in [3.63, 3.8) is 0 Å². The Labute approximate surface area is 349 Å². The molecule has 2 aromatic heterocycles. The number of likely N-dealkylation sites (tertiary alicyclic amines) is 1. The van der Waals surface area contributed by atoms with Crippen molar-refractivity contribution in [2.24, 2.45) is 0 Å². The fourth-order valence-corrected chi connectivity index (χ4v) is 10.0. The standard InChI is InChI=1S/C45H70N6O5Si2/c1-44(2,3)57(8,9)55-39-36(30-52-7)54-43(40(39)56-58(10,11)45(4,5)6)51-32-47-38-41(46-29-35(33-21-15-12-16-22-33)34-23-17-13-18-24-34)48-37(49-42(38)51)31-53-28-27-50-25-19-14-20-26-50/h12-13,15-18,21-24,32,35-36,39-40,43H,14,19-20,25-31H2,1-11H3,(H,46,48,49)/t36-,39-,40+,43-/m1/s1. The van der Waals surface area contributed by atoms with E-state index in [1.807, 2.05) is 10.9 Å². The number of imidazole rings is 1. The van der Waals surface area contributed by atoms with Crippen molar-refractivity contribution in [1.82, 2.24) is 24.4 Å². The van der Waals surface area contributed by atoms with Crippen LogP contribution in [0.15, 0.2) is 67.0 Å². The maximum Gasteiger partial charge on any atom is 0.192 e. The highest BCUT2D eigenvalue weighted by Gasteiger charge is 2.54. The minimum atomic E-state index is -2.34. The molecule has 0 unspecified atom stereocenters. The van der Waals surface area contributed by atoms with E-state index in [2.05, 4.69) is 139 Å². The quantitative estimate of drug-likeness (QED) is 0.0818. The van der Waals surface area contributed by atoms with E-state index in [4.69, 9.17) is 38.0 Å². The maximum atomic E-state index is 7.39. The van der Waals surface area contributed by atoms with E-state index in [1.54, 1.807) is 7.11 Å². The van der Waals surface area contributed by atoms with Gasteiger partial charge in [0.15, 0.2) is 45.7 Å². The molecule has 4 heterocycles. The second kappa shape index (κ2) is 18.7. The van der Waals surface area contributed by atoms with Crippen LogP contribution in [0.5, 0.6) is 0 Å². The number of hydrogen-bond acceptors (Lipinski definition) is 10. The van der Waals surface area contributed by atoms with E-state index in [9.17, 15) is 0 Å². The Morgan fingerprint density at radius 3 is 1.97 bits per heavy atom. The first-order valence-corrected chi connectivity index (χ1v) is 27.2. The van der Waals surface area contributed by atoms with E-state index < -0.39 is 29.0 Å². The van der Waals surface area contributed by atoms with E-state index in [0.717, 1.165) is 19.6 Å². The normalized spacial score (nSPS) is 21.3. The highest BCUT2D eigenvalue weighted by atomic mass is 28.4. The monoisotopic (exact) mass is 830 g/mol. The summed E-state index contributed by atoms with van der Waals surface area (Å²) in [6.07, 6.45) is 3.95. The Balaban J connectivity index is 1.39. The van der Waals surface area contributed by atoms with E-state index in [0.29, 0.717) is 42.6 Å². The summed E-state index contributed by atoms with van der Waals surface area (Å²) in [7, 11) is -2.90. The first-order valence-electron chi connectivity index (χ1n) is 21.4. The maximum absolute atomic E-state index is 7.39. The Kier molecular flexibility index (Phi) is 14.4. The van der Waals surface area contributed by atoms with Crippen LogP contribution < -0.4 is 5.32 Å². The number of rotatable bonds is 17. The smallest absolute Gasteiger partial charge is 0.192 e. The molecular weight excluding hydrogens is 761 g/mol. The number of fused-ring (bicyclic) bond motifs is 1. The molecule has 0 amide bonds. The van der Waals surface area contributed by atoms with E-state index in [-0.39, 0.29) is 34.8 Å². The predicted octanol–water partition coefficient (Wildman–Crippen LogP) is 9.40. The topological polar surface area (TPSA) is 105 Å². The van der Waals surface area contributed by atoms with Gasteiger partial charge >= 0.3 is 0 Å². The third kappa shape index (κ3) is 10.5. The molecule has 2 aliphatic rings. The van der Waals surface area contributed by atoms with Crippen LogP contribution in [-0.4, -0.2) is 106 Å². The molecule has 0 saturated carbocycles. The molecule has 11 nitrogen and oxygen atoms in total. The van der Waals surface area contributed by atoms with E-state index >= 15 is 0 Å². The molecule has 2 aliphatic heterocycles. The summed E-state index contributed by atoms with van der Waals surface area (Å²) in [5.41, 5.74) is 3.78. The van der Waals surface area contributed by atoms with Gasteiger partial charge in [-0.1, -0.05) is 109 Å². The van der Waals surface area contributed by atoms with Crippen LogP contribution >= 0.6 is 0 Å². The van der Waals surface area contributed by atoms with Gasteiger partial charge in [0, 0.05) is 26.1 Å². The Bertz CT molecular complexity index is 1850. The van der Waals surface area contributed by atoms with Crippen molar-refractivity contribution in [1.29, 1.82) is 0 Å². The molecule has 2 saturated heterocycles. The van der Waals surface area contributed by atoms with E-state index in [1.165, 1.54) is 30.4 Å². The number of aromatic nitrogens is 4. The second-order valence-electron chi connectivity index (χ2n) is 19.2. The first kappa shape index (κ1) is 44.5. The summed E-state index contributed by atoms with van der Waals surface area (Å²) < 4.78 is 35.9. The van der Waals surface area contributed by atoms with Gasteiger partial charge in [-0.25, -0.2) is 15.0 Å². The van der Waals surface area contributed by atoms with Gasteiger partial charge in [0.25, 0.3) is 0 Å². The number of piperidine rings is 1. The SMILES string of the molecule is COC[C@H]1O[C@@H](n2cnc3c(NCC(c4ccccc4)c4ccccc4)nc(COCCN4CCCCC4)nc32)[C@@H](O[Si](C)(C)C(C)(C)C)[C@@H]1O[Si](C)(C)C(C)(C)C. The van der Waals surface area contributed by atoms with Crippen LogP contribution in [-0.2, 0) is 29.7 Å². The third-order valence-electron chi connectivity index (χ3n) is 12.9. The van der Waals surface area contributed by atoms with Gasteiger partial charge < -0.3 is 33.3 Å². The summed E-state index contributed by atoms with van der Waals surface area (Å²) in [5, 5.41) is 3.68. The molecule has 13 heteroatoms. The molecule has 1 N–H and O–H groups in total. The zero-order valence-corrected chi connectivity index (χ0v) is 39.1. The summed E-state index contributed by atoms with van der Waals surface area (Å²) in [6, 6.07) is 21.2. The molecule has 0 radical (unpaired) electrons. The highest BCUT2D eigenvalue weighted by molar-refractivity contribution is 6.74. The molecule has 6 rings (SSSR count). The summed E-state index contributed by atoms with van der Waals surface area (Å²) in [4.78, 5) is 17.8. The predicted molar refractivity (Wildman–Crippen MR) is 238 cm³/mol. The van der Waals surface area contributed by atoms with Gasteiger partial charge in [0.05, 0.1) is 19.5 Å². The molecular formula is C45H70N6O5Si2. The molecule has 318 valence electrons. The van der Waals surface area contributed by atoms with Crippen molar-refractivity contribution < 1.29 is 23.1 Å². The summed E-state index contributed by atoms with van der Waals surface area (Å²) in [6.45, 7) is 27.8. The van der Waals surface area contributed by atoms with Crippen molar-refractivity contribution in [2.45, 2.75) is 134 Å². The largest absolute Gasteiger partial charge is 0.408 e. The zero-order valence-electron chi connectivity index (χ0n) is 37.1. The molecule has 4 atom stereocenters. The number of ether oxygens (including phenoxy) is 3. The number of nitrogens with one attached hydrogen (secondary N) is 1. The number of hydrogen-bond donors (Lipinski definition) is 1. The van der Waals surface area contributed by atoms with Crippen LogP contribution in [0.2, 0.25) is 36.3 Å². The number of anilines is 1. The van der Waals surface area contributed by atoms with Crippen molar-refractivity contribution in [3.8, 4) is 0 Å². The van der Waals surface area contributed by atoms with Crippen LogP contribution in [0.1, 0.15) is 89.9 Å². The Morgan fingerprint density at radius 2 is 1.40 bits per heavy atom. The Morgan fingerprint density at radius 1 is 0.810 bits per heavy atom. The molecule has 0 spiro atoms.